The van der Waals surface area contributed by atoms with Crippen LogP contribution in [0.3, 0.4) is 0 Å². The number of hydrogen-bond acceptors (Lipinski definition) is 3. The van der Waals surface area contributed by atoms with Crippen LogP contribution in [0, 0.1) is 5.92 Å². The summed E-state index contributed by atoms with van der Waals surface area (Å²) < 4.78 is 7.79. The molecule has 4 nitrogen and oxygen atoms in total. The highest BCUT2D eigenvalue weighted by molar-refractivity contribution is 5.02. The van der Waals surface area contributed by atoms with Gasteiger partial charge in [0.05, 0.1) is 11.8 Å². The average molecular weight is 265 g/mol. The first kappa shape index (κ1) is 14.5. The molecule has 0 bridgehead atoms. The normalized spacial score (nSPS) is 20.4. The first-order valence-corrected chi connectivity index (χ1v) is 7.56. The van der Waals surface area contributed by atoms with Crippen LogP contribution in [-0.2, 0) is 18.2 Å². The molecule has 0 radical (unpaired) electrons. The third kappa shape index (κ3) is 4.05. The highest BCUT2D eigenvalue weighted by Gasteiger charge is 2.29. The Labute approximate surface area is 116 Å². The van der Waals surface area contributed by atoms with Crippen molar-refractivity contribution in [3.63, 3.8) is 0 Å². The molecule has 1 saturated carbocycles. The summed E-state index contributed by atoms with van der Waals surface area (Å²) in [5.41, 5.74) is 7.47. The van der Waals surface area contributed by atoms with Gasteiger partial charge < -0.3 is 10.5 Å². The van der Waals surface area contributed by atoms with E-state index in [1.54, 1.807) is 0 Å². The molecule has 1 aliphatic rings. The van der Waals surface area contributed by atoms with Crippen LogP contribution >= 0.6 is 0 Å². The van der Waals surface area contributed by atoms with Crippen molar-refractivity contribution in [1.29, 1.82) is 0 Å². The first-order valence-electron chi connectivity index (χ1n) is 7.56. The molecule has 4 heteroatoms. The number of nitrogens with two attached hydrogens (primary N) is 1. The maximum Gasteiger partial charge on any atom is 0.0757 e. The summed E-state index contributed by atoms with van der Waals surface area (Å²) >= 11 is 0. The Kier molecular flexibility index (Phi) is 5.40. The Balaban J connectivity index is 1.96. The molecular formula is C15H27N3O. The van der Waals surface area contributed by atoms with Gasteiger partial charge in [-0.05, 0) is 31.7 Å². The van der Waals surface area contributed by atoms with Gasteiger partial charge in [0.2, 0.25) is 0 Å². The summed E-state index contributed by atoms with van der Waals surface area (Å²) in [6, 6.07) is 2.10. The van der Waals surface area contributed by atoms with Gasteiger partial charge in [0.25, 0.3) is 0 Å². The standard InChI is InChI=1S/C15H27N3O/c1-3-19-15(12-7-5-4-6-8-12)14(16)11-13-9-10-18(2)17-13/h9-10,12,14-15H,3-8,11,16H2,1-2H3. The van der Waals surface area contributed by atoms with Crippen molar-refractivity contribution in [3.05, 3.63) is 18.0 Å². The van der Waals surface area contributed by atoms with Gasteiger partial charge in [-0.2, -0.15) is 5.10 Å². The average Bonchev–Trinajstić information content (AvgIpc) is 2.82. The van der Waals surface area contributed by atoms with E-state index in [0.717, 1.165) is 18.7 Å². The molecule has 0 saturated heterocycles. The minimum atomic E-state index is 0.0537. The second-order valence-corrected chi connectivity index (χ2v) is 5.67. The SMILES string of the molecule is CCOC(C(N)Cc1ccn(C)n1)C1CCCCC1. The van der Waals surface area contributed by atoms with E-state index in [9.17, 15) is 0 Å². The van der Waals surface area contributed by atoms with Crippen molar-refractivity contribution < 1.29 is 4.74 Å². The predicted octanol–water partition coefficient (Wildman–Crippen LogP) is 2.28. The molecule has 1 fully saturated rings. The summed E-state index contributed by atoms with van der Waals surface area (Å²) in [5, 5.41) is 4.42. The Morgan fingerprint density at radius 2 is 2.16 bits per heavy atom. The molecule has 0 spiro atoms. The van der Waals surface area contributed by atoms with Gasteiger partial charge >= 0.3 is 0 Å². The third-order valence-corrected chi connectivity index (χ3v) is 4.11. The molecule has 108 valence electrons. The minimum absolute atomic E-state index is 0.0537. The van der Waals surface area contributed by atoms with E-state index in [1.807, 2.05) is 24.0 Å². The molecule has 19 heavy (non-hydrogen) atoms. The number of hydrogen-bond donors (Lipinski definition) is 1. The fourth-order valence-corrected chi connectivity index (χ4v) is 3.19. The van der Waals surface area contributed by atoms with Crippen LogP contribution in [0.4, 0.5) is 0 Å². The van der Waals surface area contributed by atoms with Crippen molar-refractivity contribution in [1.82, 2.24) is 9.78 Å². The van der Waals surface area contributed by atoms with Crippen LogP contribution in [-0.4, -0.2) is 28.5 Å². The van der Waals surface area contributed by atoms with Crippen LogP contribution < -0.4 is 5.73 Å². The van der Waals surface area contributed by atoms with Gasteiger partial charge in [-0.3, -0.25) is 4.68 Å². The van der Waals surface area contributed by atoms with Crippen LogP contribution in [0.2, 0.25) is 0 Å². The van der Waals surface area contributed by atoms with Gasteiger partial charge in [-0.25, -0.2) is 0 Å². The number of aromatic nitrogens is 2. The lowest BCUT2D eigenvalue weighted by Crippen LogP contribution is -2.44. The lowest BCUT2D eigenvalue weighted by Gasteiger charge is -2.33. The predicted molar refractivity (Wildman–Crippen MR) is 76.9 cm³/mol. The summed E-state index contributed by atoms with van der Waals surface area (Å²) in [5.74, 6) is 0.632. The summed E-state index contributed by atoms with van der Waals surface area (Å²) in [6.45, 7) is 2.81. The molecule has 1 heterocycles. The molecule has 2 rings (SSSR count). The van der Waals surface area contributed by atoms with Gasteiger partial charge in [0.15, 0.2) is 0 Å². The van der Waals surface area contributed by atoms with E-state index in [-0.39, 0.29) is 12.1 Å². The molecule has 0 aromatic carbocycles. The molecule has 1 aliphatic carbocycles. The maximum absolute atomic E-state index is 6.40. The molecule has 2 unspecified atom stereocenters. The van der Waals surface area contributed by atoms with Crippen LogP contribution in [0.5, 0.6) is 0 Å². The number of nitrogens with zero attached hydrogens (tertiary/aromatic N) is 2. The quantitative estimate of drug-likeness (QED) is 0.858. The Hall–Kier alpha value is -0.870. The Bertz CT molecular complexity index is 371. The number of aryl methyl sites for hydroxylation is 1. The van der Waals surface area contributed by atoms with Crippen molar-refractivity contribution in [3.8, 4) is 0 Å². The first-order chi connectivity index (χ1) is 9.20. The van der Waals surface area contributed by atoms with E-state index in [0.29, 0.717) is 5.92 Å². The molecule has 1 aromatic rings. The van der Waals surface area contributed by atoms with E-state index in [4.69, 9.17) is 10.5 Å². The zero-order valence-electron chi connectivity index (χ0n) is 12.2. The van der Waals surface area contributed by atoms with Gasteiger partial charge in [0, 0.05) is 32.3 Å². The lowest BCUT2D eigenvalue weighted by atomic mass is 9.82. The second-order valence-electron chi connectivity index (χ2n) is 5.67. The highest BCUT2D eigenvalue weighted by atomic mass is 16.5. The molecule has 2 atom stereocenters. The Morgan fingerprint density at radius 1 is 1.42 bits per heavy atom. The van der Waals surface area contributed by atoms with Crippen LogP contribution in [0.1, 0.15) is 44.7 Å². The zero-order chi connectivity index (χ0) is 13.7. The van der Waals surface area contributed by atoms with Crippen molar-refractivity contribution in [2.75, 3.05) is 6.61 Å². The van der Waals surface area contributed by atoms with Crippen molar-refractivity contribution in [2.24, 2.45) is 18.7 Å². The monoisotopic (exact) mass is 265 g/mol. The molecule has 1 aromatic heterocycles. The molecule has 2 N–H and O–H groups in total. The van der Waals surface area contributed by atoms with Gasteiger partial charge in [-0.15, -0.1) is 0 Å². The van der Waals surface area contributed by atoms with Crippen molar-refractivity contribution in [2.45, 2.75) is 57.6 Å². The topological polar surface area (TPSA) is 53.1 Å². The summed E-state index contributed by atoms with van der Waals surface area (Å²) in [6.07, 6.45) is 9.51. The van der Waals surface area contributed by atoms with E-state index in [2.05, 4.69) is 12.0 Å². The second kappa shape index (κ2) is 7.06. The van der Waals surface area contributed by atoms with Gasteiger partial charge in [0.1, 0.15) is 0 Å². The van der Waals surface area contributed by atoms with Gasteiger partial charge in [-0.1, -0.05) is 19.3 Å². The Morgan fingerprint density at radius 3 is 2.74 bits per heavy atom. The number of ether oxygens (including phenoxy) is 1. The number of rotatable bonds is 6. The van der Waals surface area contributed by atoms with Crippen molar-refractivity contribution >= 4 is 0 Å². The zero-order valence-corrected chi connectivity index (χ0v) is 12.2. The fourth-order valence-electron chi connectivity index (χ4n) is 3.19. The largest absolute Gasteiger partial charge is 0.377 e. The third-order valence-electron chi connectivity index (χ3n) is 4.11. The maximum atomic E-state index is 6.40. The summed E-state index contributed by atoms with van der Waals surface area (Å²) in [4.78, 5) is 0. The molecule has 0 amide bonds. The smallest absolute Gasteiger partial charge is 0.0757 e. The van der Waals surface area contributed by atoms with E-state index in [1.165, 1.54) is 32.1 Å². The van der Waals surface area contributed by atoms with Crippen LogP contribution in [0.25, 0.3) is 0 Å². The summed E-state index contributed by atoms with van der Waals surface area (Å²) in [7, 11) is 1.94. The van der Waals surface area contributed by atoms with E-state index < -0.39 is 0 Å². The van der Waals surface area contributed by atoms with E-state index >= 15 is 0 Å². The highest BCUT2D eigenvalue weighted by Crippen LogP contribution is 2.29. The molecular weight excluding hydrogens is 238 g/mol. The molecule has 0 aliphatic heterocycles. The fraction of sp³-hybridized carbons (Fsp3) is 0.800. The lowest BCUT2D eigenvalue weighted by molar-refractivity contribution is -0.00931. The van der Waals surface area contributed by atoms with Crippen LogP contribution in [0.15, 0.2) is 12.3 Å². The minimum Gasteiger partial charge on any atom is -0.377 e.